The molecular weight excluding hydrogens is 380 g/mol. The fourth-order valence-electron chi connectivity index (χ4n) is 2.27. The third-order valence-corrected chi connectivity index (χ3v) is 3.80. The predicted molar refractivity (Wildman–Crippen MR) is 101 cm³/mol. The van der Waals surface area contributed by atoms with Gasteiger partial charge in [0.1, 0.15) is 5.75 Å². The van der Waals surface area contributed by atoms with Gasteiger partial charge in [-0.05, 0) is 38.0 Å². The van der Waals surface area contributed by atoms with E-state index >= 15 is 0 Å². The first-order valence-corrected chi connectivity index (χ1v) is 9.16. The molecule has 0 amide bonds. The molecule has 2 N–H and O–H groups in total. The second-order valence-corrected chi connectivity index (χ2v) is 6.08. The molecule has 9 heteroatoms. The Morgan fingerprint density at radius 3 is 2.70 bits per heavy atom. The number of ether oxygens (including phenoxy) is 2. The van der Waals surface area contributed by atoms with Gasteiger partial charge in [0.05, 0.1) is 13.7 Å². The zero-order valence-corrected chi connectivity index (χ0v) is 16.3. The molecule has 0 fully saturated rings. The first-order valence-electron chi connectivity index (χ1n) is 8.78. The van der Waals surface area contributed by atoms with E-state index in [4.69, 9.17) is 11.6 Å². The molecule has 0 aliphatic rings. The van der Waals surface area contributed by atoms with Gasteiger partial charge < -0.3 is 20.1 Å². The van der Waals surface area contributed by atoms with E-state index in [1.807, 2.05) is 6.92 Å². The summed E-state index contributed by atoms with van der Waals surface area (Å²) in [5.74, 6) is 0.409. The largest absolute Gasteiger partial charge is 0.469 e. The summed E-state index contributed by atoms with van der Waals surface area (Å²) in [5.41, 5.74) is 0.470. The highest BCUT2D eigenvalue weighted by Crippen LogP contribution is 2.25. The number of carbonyl (C=O) groups excluding carboxylic acids is 1. The topological polar surface area (TPSA) is 72.0 Å². The second kappa shape index (κ2) is 13.1. The molecule has 0 saturated heterocycles. The van der Waals surface area contributed by atoms with Crippen molar-refractivity contribution in [3.63, 3.8) is 0 Å². The predicted octanol–water partition coefficient (Wildman–Crippen LogP) is 3.73. The van der Waals surface area contributed by atoms with Crippen LogP contribution in [0.15, 0.2) is 23.2 Å². The highest BCUT2D eigenvalue weighted by Gasteiger charge is 2.10. The van der Waals surface area contributed by atoms with Gasteiger partial charge in [-0.1, -0.05) is 18.0 Å². The van der Waals surface area contributed by atoms with E-state index in [0.717, 1.165) is 19.3 Å². The SMILES string of the molecule is CCNC(=NCc1cc(Cl)ccc1OC(F)F)NCCCCCC(=O)OC. The van der Waals surface area contributed by atoms with Crippen LogP contribution in [0.5, 0.6) is 5.75 Å². The van der Waals surface area contributed by atoms with Gasteiger partial charge in [-0.15, -0.1) is 0 Å². The van der Waals surface area contributed by atoms with E-state index in [-0.39, 0.29) is 18.3 Å². The number of methoxy groups -OCH3 is 1. The number of halogens is 3. The normalized spacial score (nSPS) is 11.4. The standard InChI is InChI=1S/C18H26ClF2N3O3/c1-3-22-18(23-10-6-4-5-7-16(25)26-2)24-12-13-11-14(19)8-9-15(13)27-17(20)21/h8-9,11,17H,3-7,10,12H2,1-2H3,(H2,22,23,24). The maximum atomic E-state index is 12.5. The quantitative estimate of drug-likeness (QED) is 0.254. The molecule has 0 aromatic heterocycles. The van der Waals surface area contributed by atoms with Crippen LogP contribution in [-0.2, 0) is 16.1 Å². The van der Waals surface area contributed by atoms with Gasteiger partial charge in [0, 0.05) is 30.1 Å². The van der Waals surface area contributed by atoms with Crippen LogP contribution in [-0.4, -0.2) is 38.7 Å². The van der Waals surface area contributed by atoms with Crippen molar-refractivity contribution < 1.29 is 23.0 Å². The van der Waals surface area contributed by atoms with Crippen molar-refractivity contribution in [2.24, 2.45) is 4.99 Å². The van der Waals surface area contributed by atoms with Crippen molar-refractivity contribution in [1.82, 2.24) is 10.6 Å². The molecule has 0 radical (unpaired) electrons. The van der Waals surface area contributed by atoms with E-state index in [9.17, 15) is 13.6 Å². The Kier molecular flexibility index (Phi) is 11.2. The van der Waals surface area contributed by atoms with Crippen molar-refractivity contribution >= 4 is 23.5 Å². The molecule has 0 bridgehead atoms. The Labute approximate surface area is 163 Å². The van der Waals surface area contributed by atoms with E-state index in [1.165, 1.54) is 19.2 Å². The Morgan fingerprint density at radius 1 is 1.26 bits per heavy atom. The third kappa shape index (κ3) is 9.98. The molecule has 6 nitrogen and oxygen atoms in total. The molecule has 152 valence electrons. The molecule has 1 aromatic rings. The van der Waals surface area contributed by atoms with Gasteiger partial charge in [0.15, 0.2) is 5.96 Å². The molecule has 0 spiro atoms. The fraction of sp³-hybridized carbons (Fsp3) is 0.556. The van der Waals surface area contributed by atoms with Gasteiger partial charge >= 0.3 is 12.6 Å². The average molecular weight is 406 g/mol. The van der Waals surface area contributed by atoms with Crippen molar-refractivity contribution in [1.29, 1.82) is 0 Å². The Morgan fingerprint density at radius 2 is 2.04 bits per heavy atom. The zero-order chi connectivity index (χ0) is 20.1. The van der Waals surface area contributed by atoms with Crippen LogP contribution in [0, 0.1) is 0 Å². The van der Waals surface area contributed by atoms with Crippen LogP contribution < -0.4 is 15.4 Å². The molecule has 0 aliphatic heterocycles. The molecule has 0 atom stereocenters. The van der Waals surface area contributed by atoms with Crippen LogP contribution in [0.1, 0.15) is 38.2 Å². The van der Waals surface area contributed by atoms with Gasteiger partial charge in [-0.3, -0.25) is 4.79 Å². The summed E-state index contributed by atoms with van der Waals surface area (Å²) in [6, 6.07) is 4.45. The minimum atomic E-state index is -2.91. The second-order valence-electron chi connectivity index (χ2n) is 5.64. The number of nitrogens with one attached hydrogen (secondary N) is 2. The smallest absolute Gasteiger partial charge is 0.387 e. The Balaban J connectivity index is 2.56. The lowest BCUT2D eigenvalue weighted by Crippen LogP contribution is -2.37. The van der Waals surface area contributed by atoms with E-state index in [1.54, 1.807) is 6.07 Å². The van der Waals surface area contributed by atoms with Crippen LogP contribution in [0.4, 0.5) is 8.78 Å². The maximum absolute atomic E-state index is 12.5. The number of guanidine groups is 1. The zero-order valence-electron chi connectivity index (χ0n) is 15.6. The summed E-state index contributed by atoms with van der Waals surface area (Å²) < 4.78 is 34.1. The number of benzene rings is 1. The number of alkyl halides is 2. The minimum absolute atomic E-state index is 0.0526. The molecule has 0 unspecified atom stereocenters. The summed E-state index contributed by atoms with van der Waals surface area (Å²) >= 11 is 5.94. The van der Waals surface area contributed by atoms with Gasteiger partial charge in [-0.25, -0.2) is 4.99 Å². The summed E-state index contributed by atoms with van der Waals surface area (Å²) in [5, 5.41) is 6.68. The summed E-state index contributed by atoms with van der Waals surface area (Å²) in [6.45, 7) is 0.483. The van der Waals surface area contributed by atoms with Crippen LogP contribution in [0.25, 0.3) is 0 Å². The number of carbonyl (C=O) groups is 1. The lowest BCUT2D eigenvalue weighted by Gasteiger charge is -2.13. The number of aliphatic imine (C=N–C) groups is 1. The van der Waals surface area contributed by atoms with Crippen molar-refractivity contribution in [2.75, 3.05) is 20.2 Å². The van der Waals surface area contributed by atoms with Crippen molar-refractivity contribution in [3.05, 3.63) is 28.8 Å². The van der Waals surface area contributed by atoms with Crippen LogP contribution in [0.3, 0.4) is 0 Å². The molecule has 0 aliphatic carbocycles. The van der Waals surface area contributed by atoms with Gasteiger partial charge in [0.25, 0.3) is 0 Å². The maximum Gasteiger partial charge on any atom is 0.387 e. The average Bonchev–Trinajstić information content (AvgIpc) is 2.63. The Bertz CT molecular complexity index is 616. The fourth-order valence-corrected chi connectivity index (χ4v) is 2.46. The molecule has 27 heavy (non-hydrogen) atoms. The van der Waals surface area contributed by atoms with E-state index in [0.29, 0.717) is 36.1 Å². The van der Waals surface area contributed by atoms with Crippen LogP contribution in [0.2, 0.25) is 5.02 Å². The first kappa shape index (κ1) is 23.0. The first-order chi connectivity index (χ1) is 13.0. The number of rotatable bonds is 11. The van der Waals surface area contributed by atoms with Crippen molar-refractivity contribution in [3.8, 4) is 5.75 Å². The number of hydrogen-bond donors (Lipinski definition) is 2. The Hall–Kier alpha value is -2.09. The van der Waals surface area contributed by atoms with E-state index in [2.05, 4.69) is 25.1 Å². The molecule has 1 rings (SSSR count). The highest BCUT2D eigenvalue weighted by molar-refractivity contribution is 6.30. The number of nitrogens with zero attached hydrogens (tertiary/aromatic N) is 1. The third-order valence-electron chi connectivity index (χ3n) is 3.57. The minimum Gasteiger partial charge on any atom is -0.469 e. The summed E-state index contributed by atoms with van der Waals surface area (Å²) in [6.07, 6.45) is 2.91. The van der Waals surface area contributed by atoms with Crippen LogP contribution >= 0.6 is 11.6 Å². The van der Waals surface area contributed by atoms with Gasteiger partial charge in [0.2, 0.25) is 0 Å². The number of unbranched alkanes of at least 4 members (excludes halogenated alkanes) is 2. The monoisotopic (exact) mass is 405 g/mol. The lowest BCUT2D eigenvalue weighted by atomic mass is 10.2. The number of esters is 1. The molecule has 1 aromatic carbocycles. The number of hydrogen-bond acceptors (Lipinski definition) is 4. The lowest BCUT2D eigenvalue weighted by molar-refractivity contribution is -0.140. The summed E-state index contributed by atoms with van der Waals surface area (Å²) in [7, 11) is 1.38. The molecular formula is C18H26ClF2N3O3. The van der Waals surface area contributed by atoms with Crippen molar-refractivity contribution in [2.45, 2.75) is 45.8 Å². The highest BCUT2D eigenvalue weighted by atomic mass is 35.5. The molecule has 0 saturated carbocycles. The molecule has 0 heterocycles. The van der Waals surface area contributed by atoms with Gasteiger partial charge in [-0.2, -0.15) is 8.78 Å². The summed E-state index contributed by atoms with van der Waals surface area (Å²) in [4.78, 5) is 15.4. The van der Waals surface area contributed by atoms with E-state index < -0.39 is 6.61 Å².